The van der Waals surface area contributed by atoms with Gasteiger partial charge in [0.15, 0.2) is 11.5 Å². The number of ether oxygens (including phenoxy) is 1. The van der Waals surface area contributed by atoms with Crippen molar-refractivity contribution in [3.05, 3.63) is 11.8 Å². The second-order valence-corrected chi connectivity index (χ2v) is 4.44. The van der Waals surface area contributed by atoms with Gasteiger partial charge < -0.3 is 4.74 Å². The van der Waals surface area contributed by atoms with Gasteiger partial charge in [-0.25, -0.2) is 0 Å². The first-order chi connectivity index (χ1) is 6.79. The summed E-state index contributed by atoms with van der Waals surface area (Å²) in [7, 11) is 0. The predicted octanol–water partition coefficient (Wildman–Crippen LogP) is 2.69. The van der Waals surface area contributed by atoms with Crippen molar-refractivity contribution in [2.24, 2.45) is 11.8 Å². The predicted molar refractivity (Wildman–Crippen MR) is 54.8 cm³/mol. The molecule has 2 atom stereocenters. The summed E-state index contributed by atoms with van der Waals surface area (Å²) in [5.41, 5.74) is 0. The monoisotopic (exact) mass is 194 g/mol. The van der Waals surface area contributed by atoms with Crippen LogP contribution in [0, 0.1) is 11.8 Å². The highest BCUT2D eigenvalue weighted by atomic mass is 16.5. The van der Waals surface area contributed by atoms with Gasteiger partial charge >= 0.3 is 0 Å². The molecule has 2 unspecified atom stereocenters. The molecule has 0 aromatic carbocycles. The molecule has 2 aliphatic rings. The Morgan fingerprint density at radius 2 is 2.21 bits per heavy atom. The van der Waals surface area contributed by atoms with Gasteiger partial charge in [0.05, 0.1) is 6.61 Å². The molecular weight excluding hydrogens is 176 g/mol. The van der Waals surface area contributed by atoms with Gasteiger partial charge in [-0.05, 0) is 18.4 Å². The van der Waals surface area contributed by atoms with Crippen LogP contribution in [0.15, 0.2) is 11.8 Å². The lowest BCUT2D eigenvalue weighted by Gasteiger charge is -2.27. The van der Waals surface area contributed by atoms with E-state index in [1.807, 2.05) is 6.08 Å². The summed E-state index contributed by atoms with van der Waals surface area (Å²) in [6.45, 7) is 2.89. The third-order valence-corrected chi connectivity index (χ3v) is 3.40. The molecular formula is C12H18O2. The van der Waals surface area contributed by atoms with Crippen LogP contribution in [0.4, 0.5) is 0 Å². The molecule has 0 bridgehead atoms. The lowest BCUT2D eigenvalue weighted by molar-refractivity contribution is -0.124. The van der Waals surface area contributed by atoms with E-state index in [1.54, 1.807) is 0 Å². The van der Waals surface area contributed by atoms with E-state index in [2.05, 4.69) is 6.92 Å². The Balaban J connectivity index is 2.02. The van der Waals surface area contributed by atoms with Gasteiger partial charge in [-0.15, -0.1) is 0 Å². The summed E-state index contributed by atoms with van der Waals surface area (Å²) in [6.07, 6.45) is 7.59. The lowest BCUT2D eigenvalue weighted by atomic mass is 9.77. The quantitative estimate of drug-likeness (QED) is 0.675. The fourth-order valence-corrected chi connectivity index (χ4v) is 2.48. The third-order valence-electron chi connectivity index (χ3n) is 3.40. The fourth-order valence-electron chi connectivity index (χ4n) is 2.48. The normalized spacial score (nSPS) is 32.2. The molecule has 0 amide bonds. The van der Waals surface area contributed by atoms with Crippen molar-refractivity contribution in [1.82, 2.24) is 0 Å². The SMILES string of the molecule is CC1CCCCC1C(=O)C1=CCCO1. The van der Waals surface area contributed by atoms with Gasteiger partial charge in [-0.3, -0.25) is 4.79 Å². The summed E-state index contributed by atoms with van der Waals surface area (Å²) in [6, 6.07) is 0. The van der Waals surface area contributed by atoms with Crippen molar-refractivity contribution in [2.75, 3.05) is 6.61 Å². The van der Waals surface area contributed by atoms with Gasteiger partial charge in [0.2, 0.25) is 0 Å². The molecule has 0 aromatic rings. The number of ketones is 1. The molecule has 0 radical (unpaired) electrons. The van der Waals surface area contributed by atoms with Crippen LogP contribution in [-0.4, -0.2) is 12.4 Å². The van der Waals surface area contributed by atoms with Gasteiger partial charge in [-0.1, -0.05) is 26.2 Å². The Labute approximate surface area is 85.3 Å². The molecule has 0 saturated heterocycles. The third kappa shape index (κ3) is 1.84. The zero-order valence-corrected chi connectivity index (χ0v) is 8.79. The topological polar surface area (TPSA) is 26.3 Å². The molecule has 1 aliphatic carbocycles. The van der Waals surface area contributed by atoms with E-state index in [4.69, 9.17) is 4.74 Å². The highest BCUT2D eigenvalue weighted by Crippen LogP contribution is 2.32. The minimum atomic E-state index is 0.230. The van der Waals surface area contributed by atoms with E-state index < -0.39 is 0 Å². The fraction of sp³-hybridized carbons (Fsp3) is 0.750. The molecule has 1 heterocycles. The molecule has 1 saturated carbocycles. The Bertz CT molecular complexity index is 255. The minimum absolute atomic E-state index is 0.230. The standard InChI is InChI=1S/C12H18O2/c1-9-5-2-3-6-10(9)12(13)11-7-4-8-14-11/h7,9-10H,2-6,8H2,1H3. The lowest BCUT2D eigenvalue weighted by Crippen LogP contribution is -2.26. The van der Waals surface area contributed by atoms with Crippen molar-refractivity contribution < 1.29 is 9.53 Å². The van der Waals surface area contributed by atoms with Crippen LogP contribution in [0.1, 0.15) is 39.0 Å². The average Bonchev–Trinajstić information content (AvgIpc) is 2.70. The van der Waals surface area contributed by atoms with Crippen LogP contribution in [0.3, 0.4) is 0 Å². The van der Waals surface area contributed by atoms with Gasteiger partial charge in [0.1, 0.15) is 0 Å². The molecule has 1 aliphatic heterocycles. The summed E-state index contributed by atoms with van der Waals surface area (Å²) in [5, 5.41) is 0. The molecule has 1 fully saturated rings. The summed E-state index contributed by atoms with van der Waals surface area (Å²) in [5.74, 6) is 1.67. The molecule has 0 aromatic heterocycles. The Morgan fingerprint density at radius 3 is 2.86 bits per heavy atom. The maximum atomic E-state index is 12.0. The molecule has 2 heteroatoms. The van der Waals surface area contributed by atoms with Crippen LogP contribution in [-0.2, 0) is 9.53 Å². The van der Waals surface area contributed by atoms with Crippen LogP contribution in [0.5, 0.6) is 0 Å². The smallest absolute Gasteiger partial charge is 0.200 e. The van der Waals surface area contributed by atoms with E-state index >= 15 is 0 Å². The van der Waals surface area contributed by atoms with Crippen LogP contribution < -0.4 is 0 Å². The highest BCUT2D eigenvalue weighted by molar-refractivity contribution is 5.95. The molecule has 14 heavy (non-hydrogen) atoms. The van der Waals surface area contributed by atoms with Gasteiger partial charge in [0, 0.05) is 12.3 Å². The molecule has 0 N–H and O–H groups in total. The van der Waals surface area contributed by atoms with Crippen molar-refractivity contribution in [1.29, 1.82) is 0 Å². The van der Waals surface area contributed by atoms with E-state index in [1.165, 1.54) is 19.3 Å². The molecule has 2 rings (SSSR count). The maximum Gasteiger partial charge on any atom is 0.200 e. The first-order valence-electron chi connectivity index (χ1n) is 5.66. The zero-order chi connectivity index (χ0) is 9.97. The number of carbonyl (C=O) groups excluding carboxylic acids is 1. The Morgan fingerprint density at radius 1 is 1.43 bits per heavy atom. The number of hydrogen-bond acceptors (Lipinski definition) is 2. The first kappa shape index (κ1) is 9.75. The Hall–Kier alpha value is -0.790. The molecule has 2 nitrogen and oxygen atoms in total. The van der Waals surface area contributed by atoms with Crippen molar-refractivity contribution in [3.8, 4) is 0 Å². The van der Waals surface area contributed by atoms with E-state index in [0.717, 1.165) is 12.8 Å². The highest BCUT2D eigenvalue weighted by Gasteiger charge is 2.31. The largest absolute Gasteiger partial charge is 0.490 e. The minimum Gasteiger partial charge on any atom is -0.490 e. The van der Waals surface area contributed by atoms with E-state index in [-0.39, 0.29) is 11.7 Å². The summed E-state index contributed by atoms with van der Waals surface area (Å²) >= 11 is 0. The molecule has 0 spiro atoms. The van der Waals surface area contributed by atoms with Gasteiger partial charge in [-0.2, -0.15) is 0 Å². The maximum absolute atomic E-state index is 12.0. The number of rotatable bonds is 2. The number of carbonyl (C=O) groups is 1. The zero-order valence-electron chi connectivity index (χ0n) is 8.79. The van der Waals surface area contributed by atoms with E-state index in [9.17, 15) is 4.79 Å². The van der Waals surface area contributed by atoms with Gasteiger partial charge in [0.25, 0.3) is 0 Å². The number of hydrogen-bond donors (Lipinski definition) is 0. The molecule has 78 valence electrons. The summed E-state index contributed by atoms with van der Waals surface area (Å²) in [4.78, 5) is 12.0. The van der Waals surface area contributed by atoms with Crippen LogP contribution in [0.25, 0.3) is 0 Å². The van der Waals surface area contributed by atoms with Crippen molar-refractivity contribution in [3.63, 3.8) is 0 Å². The Kier molecular flexibility index (Phi) is 2.90. The average molecular weight is 194 g/mol. The first-order valence-corrected chi connectivity index (χ1v) is 5.66. The van der Waals surface area contributed by atoms with E-state index in [0.29, 0.717) is 18.3 Å². The summed E-state index contributed by atoms with van der Waals surface area (Å²) < 4.78 is 5.33. The number of allylic oxidation sites excluding steroid dienone is 1. The van der Waals surface area contributed by atoms with Crippen LogP contribution in [0.2, 0.25) is 0 Å². The second-order valence-electron chi connectivity index (χ2n) is 4.44. The second kappa shape index (κ2) is 4.16. The van der Waals surface area contributed by atoms with Crippen LogP contribution >= 0.6 is 0 Å². The van der Waals surface area contributed by atoms with Crippen molar-refractivity contribution in [2.45, 2.75) is 39.0 Å². The number of Topliss-reactive ketones (excluding diaryl/α,β-unsaturated/α-hetero) is 1. The van der Waals surface area contributed by atoms with Crippen molar-refractivity contribution >= 4 is 5.78 Å².